The Morgan fingerprint density at radius 1 is 0.950 bits per heavy atom. The first kappa shape index (κ1) is 16.3. The average Bonchev–Trinajstić information content (AvgIpc) is 2.93. The van der Waals surface area contributed by atoms with Gasteiger partial charge in [0.1, 0.15) is 0 Å². The quantitative estimate of drug-likeness (QED) is 0.760. The summed E-state index contributed by atoms with van der Waals surface area (Å²) in [6, 6.07) is 0.772. The van der Waals surface area contributed by atoms with E-state index in [2.05, 4.69) is 31.1 Å². The molecule has 2 aliphatic carbocycles. The van der Waals surface area contributed by atoms with Gasteiger partial charge in [0.2, 0.25) is 0 Å². The summed E-state index contributed by atoms with van der Waals surface area (Å²) in [6.45, 7) is 8.41. The summed E-state index contributed by atoms with van der Waals surface area (Å²) in [5.41, 5.74) is 0. The molecule has 20 heavy (non-hydrogen) atoms. The smallest absolute Gasteiger partial charge is 0.0108 e. The second-order valence-corrected chi connectivity index (χ2v) is 7.38. The van der Waals surface area contributed by atoms with Crippen LogP contribution in [0.2, 0.25) is 0 Å². The zero-order valence-electron chi connectivity index (χ0n) is 14.0. The summed E-state index contributed by atoms with van der Waals surface area (Å²) in [6.07, 6.45) is 11.6. The van der Waals surface area contributed by atoms with Gasteiger partial charge in [0.05, 0.1) is 0 Å². The van der Waals surface area contributed by atoms with Gasteiger partial charge in [-0.2, -0.15) is 0 Å². The summed E-state index contributed by atoms with van der Waals surface area (Å²) in [5.74, 6) is 2.85. The molecule has 0 saturated heterocycles. The molecule has 3 atom stereocenters. The Labute approximate surface area is 126 Å². The molecule has 2 saturated carbocycles. The van der Waals surface area contributed by atoms with Gasteiger partial charge in [-0.1, -0.05) is 33.1 Å². The molecule has 0 heterocycles. The molecule has 0 aliphatic heterocycles. The molecule has 2 aliphatic rings. The summed E-state index contributed by atoms with van der Waals surface area (Å²) in [4.78, 5) is 2.64. The summed E-state index contributed by atoms with van der Waals surface area (Å²) >= 11 is 0. The van der Waals surface area contributed by atoms with E-state index in [9.17, 15) is 0 Å². The highest BCUT2D eigenvalue weighted by Crippen LogP contribution is 2.32. The molecular formula is C18H36N2. The van der Waals surface area contributed by atoms with Crippen LogP contribution >= 0.6 is 0 Å². The third kappa shape index (κ3) is 4.73. The van der Waals surface area contributed by atoms with Crippen LogP contribution in [0.4, 0.5) is 0 Å². The minimum atomic E-state index is 0.772. The molecule has 0 bridgehead atoms. The fraction of sp³-hybridized carbons (Fsp3) is 1.00. The van der Waals surface area contributed by atoms with E-state index in [4.69, 9.17) is 0 Å². The Hall–Kier alpha value is -0.0800. The van der Waals surface area contributed by atoms with E-state index < -0.39 is 0 Å². The van der Waals surface area contributed by atoms with Crippen molar-refractivity contribution in [2.45, 2.75) is 71.3 Å². The highest BCUT2D eigenvalue weighted by molar-refractivity contribution is 4.86. The molecule has 0 aromatic carbocycles. The van der Waals surface area contributed by atoms with Gasteiger partial charge >= 0.3 is 0 Å². The van der Waals surface area contributed by atoms with Gasteiger partial charge in [-0.3, -0.25) is 0 Å². The van der Waals surface area contributed by atoms with Gasteiger partial charge in [0.25, 0.3) is 0 Å². The molecule has 0 amide bonds. The zero-order valence-corrected chi connectivity index (χ0v) is 14.0. The molecule has 0 aromatic heterocycles. The van der Waals surface area contributed by atoms with Gasteiger partial charge in [-0.25, -0.2) is 0 Å². The van der Waals surface area contributed by atoms with Gasteiger partial charge in [0, 0.05) is 19.1 Å². The fourth-order valence-electron chi connectivity index (χ4n) is 4.57. The number of hydrogen-bond donors (Lipinski definition) is 1. The molecule has 118 valence electrons. The van der Waals surface area contributed by atoms with Crippen LogP contribution in [0, 0.1) is 17.8 Å². The maximum Gasteiger partial charge on any atom is 0.0108 e. The average molecular weight is 280 g/mol. The van der Waals surface area contributed by atoms with E-state index in [1.807, 2.05) is 0 Å². The summed E-state index contributed by atoms with van der Waals surface area (Å²) in [5, 5.41) is 3.75. The number of nitrogens with one attached hydrogen (secondary N) is 1. The minimum Gasteiger partial charge on any atom is -0.314 e. The van der Waals surface area contributed by atoms with Crippen LogP contribution in [0.1, 0.15) is 65.2 Å². The van der Waals surface area contributed by atoms with Crippen molar-refractivity contribution in [2.75, 3.05) is 26.7 Å². The van der Waals surface area contributed by atoms with Gasteiger partial charge < -0.3 is 10.2 Å². The molecule has 0 radical (unpaired) electrons. The first-order chi connectivity index (χ1) is 9.72. The van der Waals surface area contributed by atoms with Crippen LogP contribution < -0.4 is 5.32 Å². The van der Waals surface area contributed by atoms with E-state index in [0.29, 0.717) is 0 Å². The van der Waals surface area contributed by atoms with Crippen molar-refractivity contribution in [3.8, 4) is 0 Å². The van der Waals surface area contributed by atoms with Crippen LogP contribution in [0.15, 0.2) is 0 Å². The zero-order chi connectivity index (χ0) is 14.4. The SMILES string of the molecule is CCNC1CCC(CC)CC1CN(C)CC1CCCC1. The number of rotatable bonds is 7. The molecule has 2 nitrogen and oxygen atoms in total. The number of hydrogen-bond acceptors (Lipinski definition) is 2. The van der Waals surface area contributed by atoms with E-state index in [-0.39, 0.29) is 0 Å². The van der Waals surface area contributed by atoms with Crippen molar-refractivity contribution in [1.29, 1.82) is 0 Å². The predicted octanol–water partition coefficient (Wildman–Crippen LogP) is 3.91. The normalized spacial score (nSPS) is 32.1. The van der Waals surface area contributed by atoms with Gasteiger partial charge in [-0.15, -0.1) is 0 Å². The Kier molecular flexibility index (Phi) is 6.83. The second-order valence-electron chi connectivity index (χ2n) is 7.38. The molecule has 0 aromatic rings. The Morgan fingerprint density at radius 3 is 2.35 bits per heavy atom. The molecule has 1 N–H and O–H groups in total. The van der Waals surface area contributed by atoms with Crippen molar-refractivity contribution < 1.29 is 0 Å². The maximum atomic E-state index is 3.75. The minimum absolute atomic E-state index is 0.772. The Balaban J connectivity index is 1.81. The van der Waals surface area contributed by atoms with Crippen molar-refractivity contribution in [3.05, 3.63) is 0 Å². The molecular weight excluding hydrogens is 244 g/mol. The van der Waals surface area contributed by atoms with Crippen molar-refractivity contribution in [2.24, 2.45) is 17.8 Å². The van der Waals surface area contributed by atoms with Crippen LogP contribution in [-0.4, -0.2) is 37.6 Å². The molecule has 3 unspecified atom stereocenters. The highest BCUT2D eigenvalue weighted by Gasteiger charge is 2.30. The first-order valence-electron chi connectivity index (χ1n) is 9.14. The number of nitrogens with zero attached hydrogens (tertiary/aromatic N) is 1. The second kappa shape index (κ2) is 8.38. The lowest BCUT2D eigenvalue weighted by atomic mass is 9.76. The third-order valence-electron chi connectivity index (χ3n) is 5.73. The van der Waals surface area contributed by atoms with Gasteiger partial charge in [-0.05, 0) is 63.5 Å². The van der Waals surface area contributed by atoms with E-state index in [1.54, 1.807) is 0 Å². The Morgan fingerprint density at radius 2 is 1.70 bits per heavy atom. The van der Waals surface area contributed by atoms with Crippen LogP contribution in [0.3, 0.4) is 0 Å². The summed E-state index contributed by atoms with van der Waals surface area (Å²) < 4.78 is 0. The lowest BCUT2D eigenvalue weighted by molar-refractivity contribution is 0.143. The molecule has 2 heteroatoms. The van der Waals surface area contributed by atoms with Crippen molar-refractivity contribution in [3.63, 3.8) is 0 Å². The Bertz CT molecular complexity index is 260. The lowest BCUT2D eigenvalue weighted by Crippen LogP contribution is -2.45. The monoisotopic (exact) mass is 280 g/mol. The maximum absolute atomic E-state index is 3.75. The largest absolute Gasteiger partial charge is 0.314 e. The lowest BCUT2D eigenvalue weighted by Gasteiger charge is -2.39. The van der Waals surface area contributed by atoms with E-state index in [1.165, 1.54) is 64.5 Å². The van der Waals surface area contributed by atoms with Gasteiger partial charge in [0.15, 0.2) is 0 Å². The molecule has 0 spiro atoms. The molecule has 2 rings (SSSR count). The standard InChI is InChI=1S/C18H36N2/c1-4-15-10-11-18(19-5-2)17(12-15)14-20(3)13-16-8-6-7-9-16/h15-19H,4-14H2,1-3H3. The first-order valence-corrected chi connectivity index (χ1v) is 9.14. The van der Waals surface area contributed by atoms with Crippen LogP contribution in [0.5, 0.6) is 0 Å². The van der Waals surface area contributed by atoms with E-state index >= 15 is 0 Å². The third-order valence-corrected chi connectivity index (χ3v) is 5.73. The predicted molar refractivity (Wildman–Crippen MR) is 88.0 cm³/mol. The molecule has 2 fully saturated rings. The van der Waals surface area contributed by atoms with Crippen molar-refractivity contribution in [1.82, 2.24) is 10.2 Å². The van der Waals surface area contributed by atoms with Crippen LogP contribution in [0.25, 0.3) is 0 Å². The van der Waals surface area contributed by atoms with Crippen molar-refractivity contribution >= 4 is 0 Å². The summed E-state index contributed by atoms with van der Waals surface area (Å²) in [7, 11) is 2.36. The van der Waals surface area contributed by atoms with Crippen LogP contribution in [-0.2, 0) is 0 Å². The van der Waals surface area contributed by atoms with E-state index in [0.717, 1.165) is 30.3 Å². The highest BCUT2D eigenvalue weighted by atomic mass is 15.1. The fourth-order valence-corrected chi connectivity index (χ4v) is 4.57. The topological polar surface area (TPSA) is 15.3 Å².